The molecule has 6 fully saturated rings. The van der Waals surface area contributed by atoms with Crippen LogP contribution in [0.15, 0.2) is 0 Å². The lowest BCUT2D eigenvalue weighted by Gasteiger charge is -2.53. The predicted molar refractivity (Wildman–Crippen MR) is 75.9 cm³/mol. The van der Waals surface area contributed by atoms with Gasteiger partial charge in [0.25, 0.3) is 0 Å². The Morgan fingerprint density at radius 1 is 0.737 bits per heavy atom. The van der Waals surface area contributed by atoms with Crippen molar-refractivity contribution < 1.29 is 4.74 Å². The van der Waals surface area contributed by atoms with Crippen LogP contribution in [-0.4, -0.2) is 36.5 Å². The van der Waals surface area contributed by atoms with Gasteiger partial charge in [-0.25, -0.2) is 0 Å². The number of halogens is 6. The van der Waals surface area contributed by atoms with E-state index in [2.05, 4.69) is 0 Å². The van der Waals surface area contributed by atoms with Crippen LogP contribution in [0.25, 0.3) is 0 Å². The number of fused-ring (bicyclic) bond motifs is 5. The standard InChI is InChI=1S/C12H8Cl6O/c13-8-9(14)3-1-4-5(2(3)7-6(1)19-7)11(9,16)12(17,18)10(4,8)15/h1-8H/t1?,2-,3+,4?,5?,6+,7-,8+,9+,10?,11+/m1/s1. The van der Waals surface area contributed by atoms with E-state index < -0.39 is 24.3 Å². The SMILES string of the molecule is Cl[C@@H]1C2(Cl)C3C4[C@@H]5O[C@@H]5[C@H]5C3[C@@](Cl)(C2(Cl)Cl)[C@]1(Cl)[C@@H]45. The molecule has 0 aromatic heterocycles. The highest BCUT2D eigenvalue weighted by Gasteiger charge is 3.04. The highest BCUT2D eigenvalue weighted by molar-refractivity contribution is 6.63. The second-order valence-electron chi connectivity index (χ2n) is 6.98. The molecule has 0 N–H and O–H groups in total. The third kappa shape index (κ3) is 0.718. The molecule has 104 valence electrons. The van der Waals surface area contributed by atoms with E-state index >= 15 is 0 Å². The van der Waals surface area contributed by atoms with Gasteiger partial charge in [0.05, 0.1) is 22.5 Å². The molecule has 0 aromatic rings. The molecule has 19 heavy (non-hydrogen) atoms. The molecular formula is C12H8Cl6O. The Kier molecular flexibility index (Phi) is 1.72. The van der Waals surface area contributed by atoms with E-state index in [4.69, 9.17) is 74.3 Å². The van der Waals surface area contributed by atoms with E-state index in [1.165, 1.54) is 0 Å². The van der Waals surface area contributed by atoms with Crippen molar-refractivity contribution in [2.45, 2.75) is 36.5 Å². The lowest BCUT2D eigenvalue weighted by molar-refractivity contribution is 0.0874. The number of hydrogen-bond donors (Lipinski definition) is 0. The molecule has 5 aliphatic carbocycles. The van der Waals surface area contributed by atoms with Crippen molar-refractivity contribution in [2.75, 3.05) is 0 Å². The first kappa shape index (κ1) is 12.2. The topological polar surface area (TPSA) is 12.5 Å². The van der Waals surface area contributed by atoms with Crippen molar-refractivity contribution in [2.24, 2.45) is 29.6 Å². The summed E-state index contributed by atoms with van der Waals surface area (Å²) < 4.78 is 4.49. The highest BCUT2D eigenvalue weighted by atomic mass is 35.5. The first-order chi connectivity index (χ1) is 8.75. The third-order valence-electron chi connectivity index (χ3n) is 7.03. The number of ether oxygens (including phenoxy) is 1. The summed E-state index contributed by atoms with van der Waals surface area (Å²) in [5.41, 5.74) is 0. The van der Waals surface area contributed by atoms with Gasteiger partial charge in [-0.05, 0) is 29.6 Å². The monoisotopic (exact) mass is 378 g/mol. The van der Waals surface area contributed by atoms with Gasteiger partial charge in [0.2, 0.25) is 0 Å². The van der Waals surface area contributed by atoms with E-state index in [1.54, 1.807) is 0 Å². The van der Waals surface area contributed by atoms with Gasteiger partial charge < -0.3 is 4.74 Å². The first-order valence-electron chi connectivity index (χ1n) is 6.49. The summed E-state index contributed by atoms with van der Waals surface area (Å²) in [4.78, 5) is -2.70. The molecule has 1 saturated heterocycles. The molecule has 0 radical (unpaired) electrons. The minimum absolute atomic E-state index is 0.128. The normalized spacial score (nSPS) is 83.1. The zero-order chi connectivity index (χ0) is 13.3. The number of hydrogen-bond acceptors (Lipinski definition) is 1. The van der Waals surface area contributed by atoms with Gasteiger partial charge in [-0.1, -0.05) is 23.2 Å². The quantitative estimate of drug-likeness (QED) is 0.462. The van der Waals surface area contributed by atoms with Gasteiger partial charge in [0.1, 0.15) is 9.75 Å². The zero-order valence-corrected chi connectivity index (χ0v) is 13.8. The molecule has 0 aromatic carbocycles. The van der Waals surface area contributed by atoms with E-state index in [0.717, 1.165) is 0 Å². The van der Waals surface area contributed by atoms with Crippen LogP contribution in [-0.2, 0) is 4.74 Å². The summed E-state index contributed by atoms with van der Waals surface area (Å²) in [7, 11) is 0. The Morgan fingerprint density at radius 3 is 1.95 bits per heavy atom. The Hall–Kier alpha value is 1.70. The smallest absolute Gasteiger partial charge is 0.160 e. The molecular weight excluding hydrogens is 373 g/mol. The minimum atomic E-state index is -1.29. The van der Waals surface area contributed by atoms with Gasteiger partial charge in [-0.3, -0.25) is 0 Å². The number of rotatable bonds is 0. The summed E-state index contributed by atoms with van der Waals surface area (Å²) in [6.45, 7) is 0. The van der Waals surface area contributed by atoms with Crippen LogP contribution in [0.3, 0.4) is 0 Å². The van der Waals surface area contributed by atoms with Crippen molar-refractivity contribution in [3.05, 3.63) is 0 Å². The molecule has 4 unspecified atom stereocenters. The maximum absolute atomic E-state index is 6.99. The maximum atomic E-state index is 6.99. The van der Waals surface area contributed by atoms with Crippen LogP contribution < -0.4 is 0 Å². The van der Waals surface area contributed by atoms with E-state index in [0.29, 0.717) is 11.8 Å². The first-order valence-corrected chi connectivity index (χ1v) is 8.82. The molecule has 5 saturated carbocycles. The fourth-order valence-electron chi connectivity index (χ4n) is 6.79. The van der Waals surface area contributed by atoms with Crippen LogP contribution >= 0.6 is 69.6 Å². The predicted octanol–water partition coefficient (Wildman–Crippen LogP) is 3.62. The second-order valence-corrected chi connectivity index (χ2v) is 10.6. The Bertz CT molecular complexity index is 552. The largest absolute Gasteiger partial charge is 0.369 e. The van der Waals surface area contributed by atoms with Crippen molar-refractivity contribution in [1.82, 2.24) is 0 Å². The fraction of sp³-hybridized carbons (Fsp3) is 1.00. The van der Waals surface area contributed by atoms with E-state index in [1.807, 2.05) is 0 Å². The molecule has 1 aliphatic heterocycles. The molecule has 0 amide bonds. The van der Waals surface area contributed by atoms with Crippen molar-refractivity contribution in [3.8, 4) is 0 Å². The molecule has 7 heteroatoms. The highest BCUT2D eigenvalue weighted by Crippen LogP contribution is 2.94. The van der Waals surface area contributed by atoms with Crippen LogP contribution in [0.1, 0.15) is 0 Å². The molecule has 6 rings (SSSR count). The van der Waals surface area contributed by atoms with Gasteiger partial charge in [0, 0.05) is 0 Å². The lowest BCUT2D eigenvalue weighted by Crippen LogP contribution is -2.64. The van der Waals surface area contributed by atoms with E-state index in [-0.39, 0.29) is 30.0 Å². The fourth-order valence-corrected chi connectivity index (χ4v) is 10.8. The van der Waals surface area contributed by atoms with Crippen LogP contribution in [0.5, 0.6) is 0 Å². The summed E-state index contributed by atoms with van der Waals surface area (Å²) >= 11 is 40.8. The Balaban J connectivity index is 1.75. The summed E-state index contributed by atoms with van der Waals surface area (Å²) in [5, 5.41) is -0.499. The zero-order valence-electron chi connectivity index (χ0n) is 9.29. The Morgan fingerprint density at radius 2 is 1.32 bits per heavy atom. The summed E-state index contributed by atoms with van der Waals surface area (Å²) in [6.07, 6.45) is 0.556. The van der Waals surface area contributed by atoms with Gasteiger partial charge >= 0.3 is 0 Å². The lowest BCUT2D eigenvalue weighted by atomic mass is 9.62. The van der Waals surface area contributed by atoms with Crippen molar-refractivity contribution in [1.29, 1.82) is 0 Å². The van der Waals surface area contributed by atoms with Crippen molar-refractivity contribution in [3.63, 3.8) is 0 Å². The van der Waals surface area contributed by atoms with Gasteiger partial charge in [-0.15, -0.1) is 46.4 Å². The van der Waals surface area contributed by atoms with E-state index in [9.17, 15) is 0 Å². The number of epoxide rings is 1. The average Bonchev–Trinajstić information content (AvgIpc) is 2.89. The molecule has 1 heterocycles. The van der Waals surface area contributed by atoms with Crippen molar-refractivity contribution >= 4 is 69.6 Å². The molecule has 6 aliphatic rings. The average molecular weight is 381 g/mol. The summed E-state index contributed by atoms with van der Waals surface area (Å²) in [6, 6.07) is 0. The third-order valence-corrected chi connectivity index (χ3v) is 12.0. The maximum Gasteiger partial charge on any atom is 0.160 e. The van der Waals surface area contributed by atoms with Gasteiger partial charge in [-0.2, -0.15) is 0 Å². The second kappa shape index (κ2) is 2.68. The van der Waals surface area contributed by atoms with Crippen LogP contribution in [0, 0.1) is 29.6 Å². The Labute approximate surface area is 140 Å². The molecule has 0 spiro atoms. The van der Waals surface area contributed by atoms with Crippen LogP contribution in [0.4, 0.5) is 0 Å². The number of alkyl halides is 6. The molecule has 1 nitrogen and oxygen atoms in total. The minimum Gasteiger partial charge on any atom is -0.369 e. The van der Waals surface area contributed by atoms with Gasteiger partial charge in [0.15, 0.2) is 4.33 Å². The molecule has 6 bridgehead atoms. The summed E-state index contributed by atoms with van der Waals surface area (Å²) in [5.74, 6) is 1.17. The van der Waals surface area contributed by atoms with Crippen LogP contribution in [0.2, 0.25) is 0 Å². The molecule has 11 atom stereocenters.